The minimum atomic E-state index is 0.134. The van der Waals surface area contributed by atoms with Gasteiger partial charge in [-0.25, -0.2) is 5.43 Å². The summed E-state index contributed by atoms with van der Waals surface area (Å²) in [7, 11) is 0. The molecule has 3 heteroatoms. The Morgan fingerprint density at radius 2 is 1.65 bits per heavy atom. The number of hydrogen-bond donors (Lipinski definition) is 1. The second kappa shape index (κ2) is 4.57. The molecule has 5 fully saturated rings. The Balaban J connectivity index is 1.40. The normalized spacial score (nSPS) is 42.9. The van der Waals surface area contributed by atoms with Crippen LogP contribution in [-0.4, -0.2) is 11.6 Å². The van der Waals surface area contributed by atoms with Gasteiger partial charge in [-0.15, -0.1) is 0 Å². The van der Waals surface area contributed by atoms with E-state index in [1.165, 1.54) is 38.5 Å². The summed E-state index contributed by atoms with van der Waals surface area (Å²) in [6, 6.07) is 0. The Labute approximate surface area is 121 Å². The molecular formula is C17H26N2O. The summed E-state index contributed by atoms with van der Waals surface area (Å²) < 4.78 is 0. The fourth-order valence-electron chi connectivity index (χ4n) is 5.68. The Morgan fingerprint density at radius 1 is 1.10 bits per heavy atom. The zero-order valence-electron chi connectivity index (χ0n) is 12.5. The fraction of sp³-hybridized carbons (Fsp3) is 0.882. The third-order valence-corrected chi connectivity index (χ3v) is 6.10. The van der Waals surface area contributed by atoms with Crippen LogP contribution in [0.4, 0.5) is 0 Å². The molecule has 110 valence electrons. The molecule has 0 radical (unpaired) electrons. The first-order valence-electron chi connectivity index (χ1n) is 8.45. The van der Waals surface area contributed by atoms with Crippen LogP contribution in [0.5, 0.6) is 0 Å². The van der Waals surface area contributed by atoms with Crippen LogP contribution < -0.4 is 5.43 Å². The number of amides is 1. The van der Waals surface area contributed by atoms with Crippen molar-refractivity contribution >= 4 is 11.6 Å². The molecule has 0 aromatic heterocycles. The first-order chi connectivity index (χ1) is 9.62. The summed E-state index contributed by atoms with van der Waals surface area (Å²) in [6.45, 7) is 2.10. The quantitative estimate of drug-likeness (QED) is 0.618. The van der Waals surface area contributed by atoms with Gasteiger partial charge in [-0.05, 0) is 87.9 Å². The summed E-state index contributed by atoms with van der Waals surface area (Å²) in [5, 5.41) is 4.38. The highest BCUT2D eigenvalue weighted by Crippen LogP contribution is 2.61. The first-order valence-corrected chi connectivity index (χ1v) is 8.45. The van der Waals surface area contributed by atoms with E-state index in [0.29, 0.717) is 5.41 Å². The summed E-state index contributed by atoms with van der Waals surface area (Å²) in [5.74, 6) is 3.38. The molecule has 0 aliphatic heterocycles. The van der Waals surface area contributed by atoms with Gasteiger partial charge in [-0.3, -0.25) is 4.79 Å². The summed E-state index contributed by atoms with van der Waals surface area (Å²) >= 11 is 0. The van der Waals surface area contributed by atoms with E-state index in [-0.39, 0.29) is 11.8 Å². The van der Waals surface area contributed by atoms with Crippen molar-refractivity contribution in [2.75, 3.05) is 0 Å². The lowest BCUT2D eigenvalue weighted by atomic mass is 9.48. The molecular weight excluding hydrogens is 248 g/mol. The fourth-order valence-corrected chi connectivity index (χ4v) is 5.68. The van der Waals surface area contributed by atoms with E-state index in [2.05, 4.69) is 17.5 Å². The molecule has 4 bridgehead atoms. The molecule has 1 amide bonds. The van der Waals surface area contributed by atoms with E-state index in [9.17, 15) is 4.79 Å². The van der Waals surface area contributed by atoms with Crippen LogP contribution in [0.3, 0.4) is 0 Å². The van der Waals surface area contributed by atoms with Crippen LogP contribution >= 0.6 is 0 Å². The van der Waals surface area contributed by atoms with Gasteiger partial charge in [-0.1, -0.05) is 0 Å². The molecule has 3 nitrogen and oxygen atoms in total. The number of carbonyl (C=O) groups excluding carboxylic acids is 1. The van der Waals surface area contributed by atoms with E-state index < -0.39 is 0 Å². The van der Waals surface area contributed by atoms with Gasteiger partial charge >= 0.3 is 0 Å². The zero-order chi connectivity index (χ0) is 13.7. The Morgan fingerprint density at radius 3 is 2.15 bits per heavy atom. The van der Waals surface area contributed by atoms with E-state index >= 15 is 0 Å². The number of rotatable bonds is 4. The van der Waals surface area contributed by atoms with Crippen LogP contribution in [0, 0.1) is 29.1 Å². The van der Waals surface area contributed by atoms with Crippen molar-refractivity contribution in [2.24, 2.45) is 34.2 Å². The lowest BCUT2D eigenvalue weighted by molar-refractivity contribution is -0.122. The van der Waals surface area contributed by atoms with Crippen LogP contribution in [0.15, 0.2) is 5.10 Å². The standard InChI is InChI=1S/C17H26N2O/c1-11(18-19-16(20)15-2-3-15)7-17-8-12-4-13(9-17)6-14(5-12)10-17/h12-15H,2-10H2,1H3,(H,19,20)/b18-11-. The summed E-state index contributed by atoms with van der Waals surface area (Å²) in [5.41, 5.74) is 4.45. The molecule has 5 rings (SSSR count). The SMILES string of the molecule is C/C(CC12CC3CC(CC(C3)C1)C2)=N/NC(=O)C1CC1. The van der Waals surface area contributed by atoms with Crippen LogP contribution in [-0.2, 0) is 4.79 Å². The third-order valence-electron chi connectivity index (χ3n) is 6.10. The van der Waals surface area contributed by atoms with Crippen LogP contribution in [0.25, 0.3) is 0 Å². The Bertz CT molecular complexity index is 415. The highest BCUT2D eigenvalue weighted by atomic mass is 16.2. The number of nitrogens with one attached hydrogen (secondary N) is 1. The third kappa shape index (κ3) is 2.40. The molecule has 0 spiro atoms. The van der Waals surface area contributed by atoms with Gasteiger partial charge in [0.25, 0.3) is 0 Å². The van der Waals surface area contributed by atoms with Gasteiger partial charge < -0.3 is 0 Å². The van der Waals surface area contributed by atoms with Gasteiger partial charge in [0, 0.05) is 11.6 Å². The smallest absolute Gasteiger partial charge is 0.243 e. The molecule has 20 heavy (non-hydrogen) atoms. The van der Waals surface area contributed by atoms with Gasteiger partial charge in [0.05, 0.1) is 0 Å². The van der Waals surface area contributed by atoms with Crippen molar-refractivity contribution in [3.05, 3.63) is 0 Å². The average molecular weight is 274 g/mol. The predicted octanol–water partition coefficient (Wildman–Crippen LogP) is 3.50. The van der Waals surface area contributed by atoms with Crippen molar-refractivity contribution in [1.82, 2.24) is 5.43 Å². The molecule has 0 heterocycles. The lowest BCUT2D eigenvalue weighted by Crippen LogP contribution is -2.46. The molecule has 0 aromatic rings. The van der Waals surface area contributed by atoms with Gasteiger partial charge in [0.15, 0.2) is 0 Å². The number of hydrazone groups is 1. The monoisotopic (exact) mass is 274 g/mol. The molecule has 5 aliphatic rings. The first kappa shape index (κ1) is 12.8. The van der Waals surface area contributed by atoms with Crippen molar-refractivity contribution in [2.45, 2.75) is 64.7 Å². The van der Waals surface area contributed by atoms with Crippen LogP contribution in [0.1, 0.15) is 64.7 Å². The Kier molecular flexibility index (Phi) is 2.94. The lowest BCUT2D eigenvalue weighted by Gasteiger charge is -2.57. The van der Waals surface area contributed by atoms with E-state index in [4.69, 9.17) is 0 Å². The van der Waals surface area contributed by atoms with Crippen molar-refractivity contribution in [3.8, 4) is 0 Å². The second-order valence-corrected chi connectivity index (χ2v) is 8.19. The average Bonchev–Trinajstić information content (AvgIpc) is 3.17. The topological polar surface area (TPSA) is 41.5 Å². The molecule has 0 aromatic carbocycles. The second-order valence-electron chi connectivity index (χ2n) is 8.19. The minimum Gasteiger partial charge on any atom is -0.273 e. The minimum absolute atomic E-state index is 0.134. The van der Waals surface area contributed by atoms with Gasteiger partial charge in [0.1, 0.15) is 0 Å². The molecule has 0 unspecified atom stereocenters. The largest absolute Gasteiger partial charge is 0.273 e. The van der Waals surface area contributed by atoms with Crippen LogP contribution in [0.2, 0.25) is 0 Å². The van der Waals surface area contributed by atoms with E-state index in [1.54, 1.807) is 0 Å². The number of hydrogen-bond acceptors (Lipinski definition) is 2. The maximum absolute atomic E-state index is 11.7. The van der Waals surface area contributed by atoms with Crippen molar-refractivity contribution in [3.63, 3.8) is 0 Å². The molecule has 5 aliphatic carbocycles. The number of nitrogens with zero attached hydrogens (tertiary/aromatic N) is 1. The van der Waals surface area contributed by atoms with Crippen molar-refractivity contribution in [1.29, 1.82) is 0 Å². The highest BCUT2D eigenvalue weighted by molar-refractivity contribution is 5.86. The zero-order valence-corrected chi connectivity index (χ0v) is 12.5. The Hall–Kier alpha value is -0.860. The number of carbonyl (C=O) groups is 1. The summed E-state index contributed by atoms with van der Waals surface area (Å²) in [4.78, 5) is 11.7. The van der Waals surface area contributed by atoms with E-state index in [0.717, 1.165) is 42.7 Å². The maximum atomic E-state index is 11.7. The highest BCUT2D eigenvalue weighted by Gasteiger charge is 2.50. The molecule has 0 saturated heterocycles. The molecule has 5 saturated carbocycles. The molecule has 0 atom stereocenters. The predicted molar refractivity (Wildman–Crippen MR) is 79.2 cm³/mol. The van der Waals surface area contributed by atoms with E-state index in [1.807, 2.05) is 0 Å². The summed E-state index contributed by atoms with van der Waals surface area (Å²) in [6.07, 6.45) is 12.0. The van der Waals surface area contributed by atoms with Crippen molar-refractivity contribution < 1.29 is 4.79 Å². The van der Waals surface area contributed by atoms with Gasteiger partial charge in [0.2, 0.25) is 5.91 Å². The maximum Gasteiger partial charge on any atom is 0.243 e. The van der Waals surface area contributed by atoms with Gasteiger partial charge in [-0.2, -0.15) is 5.10 Å². The molecule has 1 N–H and O–H groups in total.